The third-order valence-corrected chi connectivity index (χ3v) is 4.08. The molecule has 0 saturated carbocycles. The average molecular weight is 371 g/mol. The molecule has 0 fully saturated rings. The Labute approximate surface area is 147 Å². The van der Waals surface area contributed by atoms with Gasteiger partial charge in [-0.05, 0) is 48.5 Å². The van der Waals surface area contributed by atoms with E-state index in [0.717, 1.165) is 5.56 Å². The van der Waals surface area contributed by atoms with Crippen LogP contribution in [0.3, 0.4) is 0 Å². The highest BCUT2D eigenvalue weighted by molar-refractivity contribution is 6.36. The van der Waals surface area contributed by atoms with E-state index >= 15 is 0 Å². The average Bonchev–Trinajstić information content (AvgIpc) is 2.97. The molecule has 118 valence electrons. The highest BCUT2D eigenvalue weighted by Crippen LogP contribution is 2.31. The van der Waals surface area contributed by atoms with Gasteiger partial charge in [0, 0.05) is 16.3 Å². The van der Waals surface area contributed by atoms with Gasteiger partial charge in [-0.3, -0.25) is 0 Å². The van der Waals surface area contributed by atoms with Crippen molar-refractivity contribution in [2.24, 2.45) is 0 Å². The van der Waals surface area contributed by atoms with E-state index in [4.69, 9.17) is 39.2 Å². The summed E-state index contributed by atoms with van der Waals surface area (Å²) >= 11 is 17.8. The number of hydrogen-bond acceptors (Lipinski definition) is 2. The monoisotopic (exact) mass is 369 g/mol. The Kier molecular flexibility index (Phi) is 4.81. The van der Waals surface area contributed by atoms with Gasteiger partial charge in [0.25, 0.3) is 0 Å². The van der Waals surface area contributed by atoms with Gasteiger partial charge in [0.1, 0.15) is 17.3 Å². The van der Waals surface area contributed by atoms with Gasteiger partial charge in [-0.15, -0.1) is 0 Å². The Bertz CT molecular complexity index is 848. The van der Waals surface area contributed by atoms with E-state index in [1.807, 2.05) is 12.1 Å². The van der Waals surface area contributed by atoms with Crippen molar-refractivity contribution in [1.29, 1.82) is 0 Å². The number of hydrogen-bond donors (Lipinski definition) is 1. The first-order chi connectivity index (χ1) is 11.0. The fraction of sp³-hybridized carbons (Fsp3) is 0.0588. The molecule has 23 heavy (non-hydrogen) atoms. The summed E-state index contributed by atoms with van der Waals surface area (Å²) in [5.41, 5.74) is 1.48. The number of anilines is 1. The summed E-state index contributed by atoms with van der Waals surface area (Å²) in [6.07, 6.45) is 0. The Morgan fingerprint density at radius 2 is 1.74 bits per heavy atom. The minimum atomic E-state index is -0.449. The van der Waals surface area contributed by atoms with E-state index in [0.29, 0.717) is 33.8 Å². The maximum Gasteiger partial charge on any atom is 0.141 e. The second-order valence-corrected chi connectivity index (χ2v) is 6.12. The van der Waals surface area contributed by atoms with Crippen LogP contribution in [0.2, 0.25) is 15.1 Å². The molecule has 3 rings (SSSR count). The summed E-state index contributed by atoms with van der Waals surface area (Å²) < 4.78 is 18.9. The zero-order valence-corrected chi connectivity index (χ0v) is 14.0. The lowest BCUT2D eigenvalue weighted by Crippen LogP contribution is -1.98. The minimum absolute atomic E-state index is 0.0723. The van der Waals surface area contributed by atoms with Gasteiger partial charge in [-0.2, -0.15) is 0 Å². The first-order valence-corrected chi connectivity index (χ1v) is 7.89. The van der Waals surface area contributed by atoms with E-state index in [-0.39, 0.29) is 5.02 Å². The number of nitrogens with one attached hydrogen (secondary N) is 1. The van der Waals surface area contributed by atoms with Gasteiger partial charge in [0.15, 0.2) is 0 Å². The molecule has 2 nitrogen and oxygen atoms in total. The minimum Gasteiger partial charge on any atom is -0.459 e. The van der Waals surface area contributed by atoms with Crippen molar-refractivity contribution in [1.82, 2.24) is 0 Å². The van der Waals surface area contributed by atoms with Crippen LogP contribution < -0.4 is 5.32 Å². The van der Waals surface area contributed by atoms with Crippen molar-refractivity contribution in [2.45, 2.75) is 6.54 Å². The molecule has 0 aliphatic rings. The van der Waals surface area contributed by atoms with Crippen LogP contribution in [0, 0.1) is 5.82 Å². The van der Waals surface area contributed by atoms with Crippen LogP contribution in [0.5, 0.6) is 0 Å². The molecule has 1 aromatic heterocycles. The first kappa shape index (κ1) is 16.2. The number of halogens is 4. The largest absolute Gasteiger partial charge is 0.459 e. The lowest BCUT2D eigenvalue weighted by Gasteiger charge is -2.05. The van der Waals surface area contributed by atoms with Crippen molar-refractivity contribution < 1.29 is 8.81 Å². The standard InChI is InChI=1S/C17H11Cl3FNO/c18-10-1-4-13(14(19)7-10)17-6-3-12(23-17)9-22-11-2-5-16(21)15(20)8-11/h1-8,22H,9H2. The molecule has 3 aromatic rings. The molecular weight excluding hydrogens is 360 g/mol. The summed E-state index contributed by atoms with van der Waals surface area (Å²) in [5.74, 6) is 0.918. The first-order valence-electron chi connectivity index (χ1n) is 6.76. The van der Waals surface area contributed by atoms with Crippen LogP contribution in [-0.2, 0) is 6.54 Å². The van der Waals surface area contributed by atoms with Crippen molar-refractivity contribution in [2.75, 3.05) is 5.32 Å². The van der Waals surface area contributed by atoms with Crippen LogP contribution in [-0.4, -0.2) is 0 Å². The summed E-state index contributed by atoms with van der Waals surface area (Å²) in [6, 6.07) is 13.4. The second-order valence-electron chi connectivity index (χ2n) is 4.87. The molecule has 0 unspecified atom stereocenters. The van der Waals surface area contributed by atoms with E-state index in [1.165, 1.54) is 12.1 Å². The molecule has 0 aliphatic carbocycles. The fourth-order valence-electron chi connectivity index (χ4n) is 2.10. The maximum atomic E-state index is 13.1. The molecule has 0 aliphatic heterocycles. The van der Waals surface area contributed by atoms with Crippen LogP contribution in [0.15, 0.2) is 52.9 Å². The Morgan fingerprint density at radius 1 is 0.913 bits per heavy atom. The van der Waals surface area contributed by atoms with Crippen molar-refractivity contribution in [3.8, 4) is 11.3 Å². The van der Waals surface area contributed by atoms with Crippen LogP contribution in [0.1, 0.15) is 5.76 Å². The van der Waals surface area contributed by atoms with E-state index in [1.54, 1.807) is 24.3 Å². The van der Waals surface area contributed by atoms with E-state index in [9.17, 15) is 4.39 Å². The maximum absolute atomic E-state index is 13.1. The van der Waals surface area contributed by atoms with Gasteiger partial charge in [-0.25, -0.2) is 4.39 Å². The number of rotatable bonds is 4. The van der Waals surface area contributed by atoms with E-state index < -0.39 is 5.82 Å². The van der Waals surface area contributed by atoms with Gasteiger partial charge in [0.05, 0.1) is 16.6 Å². The van der Waals surface area contributed by atoms with Gasteiger partial charge in [0.2, 0.25) is 0 Å². The summed E-state index contributed by atoms with van der Waals surface area (Å²) in [7, 11) is 0. The lowest BCUT2D eigenvalue weighted by atomic mass is 10.2. The molecule has 1 heterocycles. The number of furan rings is 1. The zero-order valence-electron chi connectivity index (χ0n) is 11.7. The molecule has 0 saturated heterocycles. The molecule has 0 radical (unpaired) electrons. The third-order valence-electron chi connectivity index (χ3n) is 3.24. The van der Waals surface area contributed by atoms with Crippen molar-refractivity contribution in [3.63, 3.8) is 0 Å². The van der Waals surface area contributed by atoms with Gasteiger partial charge < -0.3 is 9.73 Å². The van der Waals surface area contributed by atoms with Gasteiger partial charge in [-0.1, -0.05) is 34.8 Å². The number of benzene rings is 2. The Hall–Kier alpha value is -1.68. The second kappa shape index (κ2) is 6.83. The van der Waals surface area contributed by atoms with Crippen LogP contribution in [0.4, 0.5) is 10.1 Å². The highest BCUT2D eigenvalue weighted by atomic mass is 35.5. The zero-order chi connectivity index (χ0) is 16.4. The quantitative estimate of drug-likeness (QED) is 0.555. The third kappa shape index (κ3) is 3.81. The topological polar surface area (TPSA) is 25.2 Å². The van der Waals surface area contributed by atoms with Crippen LogP contribution in [0.25, 0.3) is 11.3 Å². The Balaban J connectivity index is 1.73. The SMILES string of the molecule is Fc1ccc(NCc2ccc(-c3ccc(Cl)cc3Cl)o2)cc1Cl. The molecule has 1 N–H and O–H groups in total. The predicted molar refractivity (Wildman–Crippen MR) is 92.9 cm³/mol. The molecular formula is C17H11Cl3FNO. The molecule has 0 bridgehead atoms. The molecule has 0 amide bonds. The van der Waals surface area contributed by atoms with Gasteiger partial charge >= 0.3 is 0 Å². The molecule has 0 atom stereocenters. The fourth-order valence-corrected chi connectivity index (χ4v) is 2.78. The lowest BCUT2D eigenvalue weighted by molar-refractivity contribution is 0.531. The van der Waals surface area contributed by atoms with Crippen molar-refractivity contribution >= 4 is 40.5 Å². The van der Waals surface area contributed by atoms with E-state index in [2.05, 4.69) is 5.32 Å². The van der Waals surface area contributed by atoms with Crippen molar-refractivity contribution in [3.05, 3.63) is 75.2 Å². The summed E-state index contributed by atoms with van der Waals surface area (Å²) in [5, 5.41) is 4.29. The Morgan fingerprint density at radius 3 is 2.48 bits per heavy atom. The molecule has 2 aromatic carbocycles. The summed E-state index contributed by atoms with van der Waals surface area (Å²) in [6.45, 7) is 0.438. The molecule has 6 heteroatoms. The normalized spacial score (nSPS) is 10.8. The smallest absolute Gasteiger partial charge is 0.141 e. The predicted octanol–water partition coefficient (Wildman–Crippen LogP) is 6.66. The molecule has 0 spiro atoms. The summed E-state index contributed by atoms with van der Waals surface area (Å²) in [4.78, 5) is 0. The highest BCUT2D eigenvalue weighted by Gasteiger charge is 2.09. The van der Waals surface area contributed by atoms with Crippen LogP contribution >= 0.6 is 34.8 Å².